The third-order valence-electron chi connectivity index (χ3n) is 3.12. The van der Waals surface area contributed by atoms with Crippen molar-refractivity contribution >= 4 is 27.5 Å². The zero-order valence-electron chi connectivity index (χ0n) is 10.1. The average molecular weight is 316 g/mol. The SMILES string of the molecule is Cc1cc(Br)c(F)cc1NC(=O)C1CCOCC1. The molecule has 5 heteroatoms. The number of hydrogen-bond acceptors (Lipinski definition) is 2. The summed E-state index contributed by atoms with van der Waals surface area (Å²) >= 11 is 3.12. The molecule has 0 aliphatic carbocycles. The number of nitrogens with one attached hydrogen (secondary N) is 1. The van der Waals surface area contributed by atoms with Crippen LogP contribution < -0.4 is 5.32 Å². The van der Waals surface area contributed by atoms with E-state index in [1.54, 1.807) is 6.07 Å². The van der Waals surface area contributed by atoms with Crippen molar-refractivity contribution in [2.24, 2.45) is 5.92 Å². The zero-order chi connectivity index (χ0) is 13.1. The highest BCUT2D eigenvalue weighted by atomic mass is 79.9. The number of carbonyl (C=O) groups is 1. The van der Waals surface area contributed by atoms with Gasteiger partial charge in [-0.3, -0.25) is 4.79 Å². The Labute approximate surface area is 114 Å². The highest BCUT2D eigenvalue weighted by molar-refractivity contribution is 9.10. The summed E-state index contributed by atoms with van der Waals surface area (Å²) in [6.07, 6.45) is 1.45. The number of amides is 1. The first-order valence-electron chi connectivity index (χ1n) is 5.92. The number of rotatable bonds is 2. The molecule has 98 valence electrons. The van der Waals surface area contributed by atoms with E-state index < -0.39 is 0 Å². The fourth-order valence-corrected chi connectivity index (χ4v) is 2.43. The molecule has 1 amide bonds. The van der Waals surface area contributed by atoms with Crippen LogP contribution in [-0.4, -0.2) is 19.1 Å². The predicted octanol–water partition coefficient (Wildman–Crippen LogP) is 3.26. The van der Waals surface area contributed by atoms with Gasteiger partial charge in [-0.15, -0.1) is 0 Å². The van der Waals surface area contributed by atoms with Gasteiger partial charge in [0.2, 0.25) is 5.91 Å². The van der Waals surface area contributed by atoms with Crippen LogP contribution >= 0.6 is 15.9 Å². The van der Waals surface area contributed by atoms with Crippen molar-refractivity contribution in [2.45, 2.75) is 19.8 Å². The largest absolute Gasteiger partial charge is 0.381 e. The molecular formula is C13H15BrFNO2. The second-order valence-corrected chi connectivity index (χ2v) is 5.31. The first kappa shape index (κ1) is 13.5. The summed E-state index contributed by atoms with van der Waals surface area (Å²) in [5.74, 6) is -0.462. The predicted molar refractivity (Wildman–Crippen MR) is 71.0 cm³/mol. The summed E-state index contributed by atoms with van der Waals surface area (Å²) in [7, 11) is 0. The smallest absolute Gasteiger partial charge is 0.227 e. The number of aryl methyl sites for hydroxylation is 1. The minimum atomic E-state index is -0.372. The first-order valence-corrected chi connectivity index (χ1v) is 6.71. The van der Waals surface area contributed by atoms with Crippen LogP contribution in [0.3, 0.4) is 0 Å². The highest BCUT2D eigenvalue weighted by Gasteiger charge is 2.22. The van der Waals surface area contributed by atoms with Gasteiger partial charge in [0.1, 0.15) is 5.82 Å². The van der Waals surface area contributed by atoms with E-state index in [2.05, 4.69) is 21.2 Å². The van der Waals surface area contributed by atoms with E-state index in [0.717, 1.165) is 18.4 Å². The summed E-state index contributed by atoms with van der Waals surface area (Å²) in [4.78, 5) is 12.0. The van der Waals surface area contributed by atoms with Gasteiger partial charge in [0.15, 0.2) is 0 Å². The summed E-state index contributed by atoms with van der Waals surface area (Å²) in [5, 5.41) is 2.79. The molecule has 1 aromatic rings. The normalized spacial score (nSPS) is 16.6. The number of anilines is 1. The number of halogens is 2. The molecule has 1 fully saturated rings. The van der Waals surface area contributed by atoms with Gasteiger partial charge in [-0.2, -0.15) is 0 Å². The fraction of sp³-hybridized carbons (Fsp3) is 0.462. The number of hydrogen-bond donors (Lipinski definition) is 1. The standard InChI is InChI=1S/C13H15BrFNO2/c1-8-6-10(14)11(15)7-12(8)16-13(17)9-2-4-18-5-3-9/h6-7,9H,2-5H2,1H3,(H,16,17). The van der Waals surface area contributed by atoms with Gasteiger partial charge < -0.3 is 10.1 Å². The number of ether oxygens (including phenoxy) is 1. The number of benzene rings is 1. The van der Waals surface area contributed by atoms with E-state index in [4.69, 9.17) is 4.74 Å². The molecule has 0 atom stereocenters. The van der Waals surface area contributed by atoms with E-state index in [0.29, 0.717) is 23.4 Å². The quantitative estimate of drug-likeness (QED) is 0.909. The highest BCUT2D eigenvalue weighted by Crippen LogP contribution is 2.25. The minimum absolute atomic E-state index is 0.0372. The molecule has 0 unspecified atom stereocenters. The van der Waals surface area contributed by atoms with Crippen LogP contribution in [0.2, 0.25) is 0 Å². The molecule has 1 aliphatic heterocycles. The van der Waals surface area contributed by atoms with E-state index in [1.807, 2.05) is 6.92 Å². The van der Waals surface area contributed by atoms with Crippen LogP contribution in [-0.2, 0) is 9.53 Å². The van der Waals surface area contributed by atoms with E-state index in [9.17, 15) is 9.18 Å². The van der Waals surface area contributed by atoms with Crippen LogP contribution in [0.4, 0.5) is 10.1 Å². The fourth-order valence-electron chi connectivity index (χ4n) is 1.98. The Hall–Kier alpha value is -0.940. The Morgan fingerprint density at radius 2 is 2.11 bits per heavy atom. The molecule has 1 heterocycles. The van der Waals surface area contributed by atoms with E-state index in [1.165, 1.54) is 6.07 Å². The Bertz CT molecular complexity index is 459. The van der Waals surface area contributed by atoms with Crippen molar-refractivity contribution < 1.29 is 13.9 Å². The maximum Gasteiger partial charge on any atom is 0.227 e. The Morgan fingerprint density at radius 1 is 1.44 bits per heavy atom. The Morgan fingerprint density at radius 3 is 2.78 bits per heavy atom. The van der Waals surface area contributed by atoms with Gasteiger partial charge in [-0.05, 0) is 53.4 Å². The average Bonchev–Trinajstić information content (AvgIpc) is 2.37. The van der Waals surface area contributed by atoms with Gasteiger partial charge in [-0.25, -0.2) is 4.39 Å². The molecule has 1 aromatic carbocycles. The molecule has 1 N–H and O–H groups in total. The van der Waals surface area contributed by atoms with Crippen LogP contribution in [0.5, 0.6) is 0 Å². The van der Waals surface area contributed by atoms with Crippen LogP contribution in [0.1, 0.15) is 18.4 Å². The van der Waals surface area contributed by atoms with Gasteiger partial charge in [-0.1, -0.05) is 0 Å². The van der Waals surface area contributed by atoms with Crippen LogP contribution in [0.25, 0.3) is 0 Å². The van der Waals surface area contributed by atoms with E-state index in [-0.39, 0.29) is 17.6 Å². The summed E-state index contributed by atoms with van der Waals surface area (Å²) in [6, 6.07) is 3.01. The molecule has 0 radical (unpaired) electrons. The second-order valence-electron chi connectivity index (χ2n) is 4.46. The lowest BCUT2D eigenvalue weighted by Crippen LogP contribution is -2.28. The van der Waals surface area contributed by atoms with E-state index >= 15 is 0 Å². The third kappa shape index (κ3) is 3.09. The first-order chi connectivity index (χ1) is 8.58. The molecule has 18 heavy (non-hydrogen) atoms. The van der Waals surface area contributed by atoms with Gasteiger partial charge in [0.05, 0.1) is 4.47 Å². The zero-order valence-corrected chi connectivity index (χ0v) is 11.7. The van der Waals surface area contributed by atoms with Gasteiger partial charge >= 0.3 is 0 Å². The maximum atomic E-state index is 13.4. The van der Waals surface area contributed by atoms with Crippen molar-refractivity contribution in [2.75, 3.05) is 18.5 Å². The Kier molecular flexibility index (Phi) is 4.35. The van der Waals surface area contributed by atoms with Gasteiger partial charge in [0.25, 0.3) is 0 Å². The molecule has 1 aliphatic rings. The van der Waals surface area contributed by atoms with Gasteiger partial charge in [0, 0.05) is 24.8 Å². The van der Waals surface area contributed by atoms with Crippen LogP contribution in [0.15, 0.2) is 16.6 Å². The lowest BCUT2D eigenvalue weighted by Gasteiger charge is -2.21. The summed E-state index contributed by atoms with van der Waals surface area (Å²) in [5.41, 5.74) is 1.37. The molecule has 0 bridgehead atoms. The van der Waals surface area contributed by atoms with Crippen molar-refractivity contribution in [3.8, 4) is 0 Å². The molecule has 3 nitrogen and oxygen atoms in total. The monoisotopic (exact) mass is 315 g/mol. The molecular weight excluding hydrogens is 301 g/mol. The third-order valence-corrected chi connectivity index (χ3v) is 3.72. The molecule has 2 rings (SSSR count). The van der Waals surface area contributed by atoms with Crippen molar-refractivity contribution in [1.29, 1.82) is 0 Å². The molecule has 0 saturated carbocycles. The molecule has 0 aromatic heterocycles. The lowest BCUT2D eigenvalue weighted by molar-refractivity contribution is -0.122. The van der Waals surface area contributed by atoms with Crippen molar-refractivity contribution in [3.05, 3.63) is 28.0 Å². The molecule has 0 spiro atoms. The molecule has 1 saturated heterocycles. The van der Waals surface area contributed by atoms with Crippen LogP contribution in [0, 0.1) is 18.7 Å². The van der Waals surface area contributed by atoms with Crippen molar-refractivity contribution in [3.63, 3.8) is 0 Å². The maximum absolute atomic E-state index is 13.4. The van der Waals surface area contributed by atoms with Crippen molar-refractivity contribution in [1.82, 2.24) is 0 Å². The summed E-state index contributed by atoms with van der Waals surface area (Å²) in [6.45, 7) is 3.07. The minimum Gasteiger partial charge on any atom is -0.381 e. The summed E-state index contributed by atoms with van der Waals surface area (Å²) < 4.78 is 19.1. The lowest BCUT2D eigenvalue weighted by atomic mass is 9.99. The second kappa shape index (κ2) is 5.80. The topological polar surface area (TPSA) is 38.3 Å². The number of carbonyl (C=O) groups excluding carboxylic acids is 1. The Balaban J connectivity index is 2.08.